The van der Waals surface area contributed by atoms with E-state index in [1.54, 1.807) is 0 Å². The molecule has 112 valence electrons. The van der Waals surface area contributed by atoms with Crippen LogP contribution < -0.4 is 4.74 Å². The highest BCUT2D eigenvalue weighted by atomic mass is 16.5. The molecule has 0 amide bonds. The van der Waals surface area contributed by atoms with Gasteiger partial charge in [0.25, 0.3) is 0 Å². The van der Waals surface area contributed by atoms with E-state index in [0.717, 1.165) is 30.2 Å². The summed E-state index contributed by atoms with van der Waals surface area (Å²) in [6.45, 7) is 8.22. The lowest BCUT2D eigenvalue weighted by Crippen LogP contribution is -2.35. The van der Waals surface area contributed by atoms with E-state index in [9.17, 15) is 5.11 Å². The predicted octanol–water partition coefficient (Wildman–Crippen LogP) is 3.24. The molecule has 1 aliphatic rings. The highest BCUT2D eigenvalue weighted by molar-refractivity contribution is 5.35. The van der Waals surface area contributed by atoms with E-state index in [4.69, 9.17) is 4.74 Å². The van der Waals surface area contributed by atoms with Crippen LogP contribution in [-0.2, 0) is 0 Å². The van der Waals surface area contributed by atoms with Crippen molar-refractivity contribution in [3.05, 3.63) is 29.8 Å². The van der Waals surface area contributed by atoms with Gasteiger partial charge in [-0.3, -0.25) is 0 Å². The molecule has 2 atom stereocenters. The quantitative estimate of drug-likeness (QED) is 0.866. The number of piperidine rings is 1. The first kappa shape index (κ1) is 15.3. The van der Waals surface area contributed by atoms with Crippen molar-refractivity contribution in [3.63, 3.8) is 0 Å². The van der Waals surface area contributed by atoms with Crippen LogP contribution in [0.4, 0.5) is 0 Å². The first-order valence-corrected chi connectivity index (χ1v) is 7.82. The van der Waals surface area contributed by atoms with Crippen LogP contribution in [0.3, 0.4) is 0 Å². The molecule has 0 radical (unpaired) electrons. The van der Waals surface area contributed by atoms with E-state index in [2.05, 4.69) is 11.8 Å². The van der Waals surface area contributed by atoms with Crippen LogP contribution in [0.15, 0.2) is 24.3 Å². The molecular weight excluding hydrogens is 250 g/mol. The van der Waals surface area contributed by atoms with Crippen molar-refractivity contribution in [2.75, 3.05) is 26.2 Å². The average molecular weight is 277 g/mol. The zero-order chi connectivity index (χ0) is 14.4. The van der Waals surface area contributed by atoms with Crippen molar-refractivity contribution in [1.82, 2.24) is 4.90 Å². The molecule has 0 bridgehead atoms. The molecule has 20 heavy (non-hydrogen) atoms. The Balaban J connectivity index is 1.89. The SMILES string of the molecule is CCOc1ccccc1C(O)CCN1CCCC(C)C1. The molecule has 0 spiro atoms. The molecule has 1 aliphatic heterocycles. The monoisotopic (exact) mass is 277 g/mol. The van der Waals surface area contributed by atoms with E-state index < -0.39 is 6.10 Å². The van der Waals surface area contributed by atoms with Crippen molar-refractivity contribution in [2.24, 2.45) is 5.92 Å². The molecule has 0 saturated carbocycles. The molecule has 0 aromatic heterocycles. The zero-order valence-electron chi connectivity index (χ0n) is 12.7. The maximum Gasteiger partial charge on any atom is 0.125 e. The fourth-order valence-corrected chi connectivity index (χ4v) is 2.99. The Kier molecular flexibility index (Phi) is 5.86. The highest BCUT2D eigenvalue weighted by Crippen LogP contribution is 2.27. The molecule has 1 aromatic carbocycles. The minimum absolute atomic E-state index is 0.435. The normalized spacial score (nSPS) is 21.6. The van der Waals surface area contributed by atoms with Crippen LogP contribution in [0.25, 0.3) is 0 Å². The second kappa shape index (κ2) is 7.65. The van der Waals surface area contributed by atoms with Crippen molar-refractivity contribution < 1.29 is 9.84 Å². The molecule has 1 aromatic rings. The lowest BCUT2D eigenvalue weighted by atomic mass is 9.99. The maximum absolute atomic E-state index is 10.4. The van der Waals surface area contributed by atoms with E-state index in [1.165, 1.54) is 25.9 Å². The minimum Gasteiger partial charge on any atom is -0.493 e. The second-order valence-corrected chi connectivity index (χ2v) is 5.82. The number of hydrogen-bond donors (Lipinski definition) is 1. The van der Waals surface area contributed by atoms with Gasteiger partial charge >= 0.3 is 0 Å². The smallest absolute Gasteiger partial charge is 0.125 e. The standard InChI is InChI=1S/C17H27NO2/c1-3-20-17-9-5-4-8-15(17)16(19)10-12-18-11-6-7-14(2)13-18/h4-5,8-9,14,16,19H,3,6-7,10-13H2,1-2H3. The van der Waals surface area contributed by atoms with Crippen molar-refractivity contribution in [1.29, 1.82) is 0 Å². The van der Waals surface area contributed by atoms with E-state index in [0.29, 0.717) is 6.61 Å². The zero-order valence-corrected chi connectivity index (χ0v) is 12.7. The van der Waals surface area contributed by atoms with Gasteiger partial charge < -0.3 is 14.7 Å². The Morgan fingerprint density at radius 2 is 2.20 bits per heavy atom. The molecule has 2 unspecified atom stereocenters. The van der Waals surface area contributed by atoms with Gasteiger partial charge in [0.05, 0.1) is 12.7 Å². The number of para-hydroxylation sites is 1. The van der Waals surface area contributed by atoms with Crippen LogP contribution in [0.2, 0.25) is 0 Å². The fourth-order valence-electron chi connectivity index (χ4n) is 2.99. The second-order valence-electron chi connectivity index (χ2n) is 5.82. The molecule has 3 nitrogen and oxygen atoms in total. The Morgan fingerprint density at radius 3 is 2.95 bits per heavy atom. The molecule has 1 saturated heterocycles. The van der Waals surface area contributed by atoms with Gasteiger partial charge in [-0.25, -0.2) is 0 Å². The summed E-state index contributed by atoms with van der Waals surface area (Å²) in [6.07, 6.45) is 2.96. The summed E-state index contributed by atoms with van der Waals surface area (Å²) in [5, 5.41) is 10.4. The lowest BCUT2D eigenvalue weighted by Gasteiger charge is -2.31. The summed E-state index contributed by atoms with van der Waals surface area (Å²) in [5.74, 6) is 1.60. The number of hydrogen-bond acceptors (Lipinski definition) is 3. The molecule has 1 heterocycles. The van der Waals surface area contributed by atoms with Gasteiger partial charge in [0, 0.05) is 18.7 Å². The Hall–Kier alpha value is -1.06. The molecule has 1 fully saturated rings. The molecular formula is C17H27NO2. The number of ether oxygens (including phenoxy) is 1. The highest BCUT2D eigenvalue weighted by Gasteiger charge is 2.18. The third-order valence-electron chi connectivity index (χ3n) is 4.04. The Labute approximate surface area is 122 Å². The summed E-state index contributed by atoms with van der Waals surface area (Å²) in [5.41, 5.74) is 0.916. The summed E-state index contributed by atoms with van der Waals surface area (Å²) < 4.78 is 5.59. The number of rotatable bonds is 6. The van der Waals surface area contributed by atoms with Crippen LogP contribution in [0, 0.1) is 5.92 Å². The van der Waals surface area contributed by atoms with Crippen LogP contribution in [0.1, 0.15) is 44.8 Å². The van der Waals surface area contributed by atoms with E-state index in [-0.39, 0.29) is 0 Å². The van der Waals surface area contributed by atoms with Gasteiger partial charge in [0.1, 0.15) is 5.75 Å². The molecule has 2 rings (SSSR count). The van der Waals surface area contributed by atoms with Crippen LogP contribution in [-0.4, -0.2) is 36.2 Å². The first-order chi connectivity index (χ1) is 9.70. The summed E-state index contributed by atoms with van der Waals surface area (Å²) in [6, 6.07) is 7.82. The number of likely N-dealkylation sites (tertiary alicyclic amines) is 1. The summed E-state index contributed by atoms with van der Waals surface area (Å²) >= 11 is 0. The number of aliphatic hydroxyl groups is 1. The minimum atomic E-state index is -0.435. The maximum atomic E-state index is 10.4. The Morgan fingerprint density at radius 1 is 1.40 bits per heavy atom. The number of aliphatic hydroxyl groups excluding tert-OH is 1. The van der Waals surface area contributed by atoms with Crippen LogP contribution in [0.5, 0.6) is 5.75 Å². The van der Waals surface area contributed by atoms with Crippen molar-refractivity contribution in [2.45, 2.75) is 39.2 Å². The van der Waals surface area contributed by atoms with Gasteiger partial charge in [-0.05, 0) is 44.7 Å². The lowest BCUT2D eigenvalue weighted by molar-refractivity contribution is 0.119. The van der Waals surface area contributed by atoms with E-state index >= 15 is 0 Å². The molecule has 1 N–H and O–H groups in total. The third kappa shape index (κ3) is 4.22. The number of nitrogens with zero attached hydrogens (tertiary/aromatic N) is 1. The third-order valence-corrected chi connectivity index (χ3v) is 4.04. The van der Waals surface area contributed by atoms with Crippen molar-refractivity contribution in [3.8, 4) is 5.75 Å². The fraction of sp³-hybridized carbons (Fsp3) is 0.647. The summed E-state index contributed by atoms with van der Waals surface area (Å²) in [4.78, 5) is 2.47. The summed E-state index contributed by atoms with van der Waals surface area (Å²) in [7, 11) is 0. The topological polar surface area (TPSA) is 32.7 Å². The predicted molar refractivity (Wildman–Crippen MR) is 82.0 cm³/mol. The average Bonchev–Trinajstić information content (AvgIpc) is 2.46. The molecule has 3 heteroatoms. The van der Waals surface area contributed by atoms with Gasteiger partial charge in [0.15, 0.2) is 0 Å². The Bertz CT molecular complexity index is 408. The largest absolute Gasteiger partial charge is 0.493 e. The molecule has 0 aliphatic carbocycles. The van der Waals surface area contributed by atoms with Gasteiger partial charge in [-0.15, -0.1) is 0 Å². The van der Waals surface area contributed by atoms with Gasteiger partial charge in [-0.2, -0.15) is 0 Å². The van der Waals surface area contributed by atoms with E-state index in [1.807, 2.05) is 31.2 Å². The van der Waals surface area contributed by atoms with Crippen molar-refractivity contribution >= 4 is 0 Å². The first-order valence-electron chi connectivity index (χ1n) is 7.82. The van der Waals surface area contributed by atoms with Gasteiger partial charge in [0.2, 0.25) is 0 Å². The van der Waals surface area contributed by atoms with Crippen LogP contribution >= 0.6 is 0 Å². The van der Waals surface area contributed by atoms with Gasteiger partial charge in [-0.1, -0.05) is 25.1 Å². The number of benzene rings is 1.